The average molecular weight is 310 g/mol. The summed E-state index contributed by atoms with van der Waals surface area (Å²) in [5.74, 6) is 0.685. The predicted octanol–water partition coefficient (Wildman–Crippen LogP) is 2.97. The van der Waals surface area contributed by atoms with E-state index in [0.29, 0.717) is 11.3 Å². The molecule has 0 spiro atoms. The highest BCUT2D eigenvalue weighted by Gasteiger charge is 2.24. The minimum atomic E-state index is 0.0475. The Morgan fingerprint density at radius 2 is 1.74 bits per heavy atom. The molecule has 0 radical (unpaired) electrons. The zero-order valence-corrected chi connectivity index (χ0v) is 13.7. The summed E-state index contributed by atoms with van der Waals surface area (Å²) in [5.41, 5.74) is 3.13. The first kappa shape index (κ1) is 15.4. The first-order valence-electron chi connectivity index (χ1n) is 7.93. The highest BCUT2D eigenvalue weighted by Crippen LogP contribution is 2.22. The van der Waals surface area contributed by atoms with Crippen LogP contribution in [0.5, 0.6) is 5.75 Å². The Kier molecular flexibility index (Phi) is 4.51. The molecule has 0 atom stereocenters. The van der Waals surface area contributed by atoms with Gasteiger partial charge in [0.1, 0.15) is 5.75 Å². The van der Waals surface area contributed by atoms with E-state index < -0.39 is 0 Å². The van der Waals surface area contributed by atoms with Crippen LogP contribution in [0.2, 0.25) is 0 Å². The molecule has 4 heteroatoms. The number of rotatable bonds is 3. The van der Waals surface area contributed by atoms with Crippen LogP contribution in [0.25, 0.3) is 0 Å². The van der Waals surface area contributed by atoms with E-state index in [0.717, 1.165) is 26.2 Å². The van der Waals surface area contributed by atoms with Crippen molar-refractivity contribution in [2.75, 3.05) is 38.2 Å². The van der Waals surface area contributed by atoms with E-state index in [9.17, 15) is 4.79 Å². The van der Waals surface area contributed by atoms with Crippen LogP contribution in [-0.2, 0) is 0 Å². The van der Waals surface area contributed by atoms with Gasteiger partial charge in [-0.25, -0.2) is 0 Å². The van der Waals surface area contributed by atoms with Crippen molar-refractivity contribution in [2.45, 2.75) is 6.92 Å². The van der Waals surface area contributed by atoms with E-state index in [-0.39, 0.29) is 5.91 Å². The van der Waals surface area contributed by atoms with Gasteiger partial charge in [-0.1, -0.05) is 24.3 Å². The molecule has 1 aliphatic heterocycles. The minimum absolute atomic E-state index is 0.0475. The Bertz CT molecular complexity index is 691. The number of piperazine rings is 1. The van der Waals surface area contributed by atoms with Gasteiger partial charge in [0.2, 0.25) is 0 Å². The zero-order valence-electron chi connectivity index (χ0n) is 13.7. The fourth-order valence-electron chi connectivity index (χ4n) is 2.98. The van der Waals surface area contributed by atoms with Crippen LogP contribution in [0, 0.1) is 6.92 Å². The van der Waals surface area contributed by atoms with Crippen LogP contribution in [-0.4, -0.2) is 44.1 Å². The third-order valence-electron chi connectivity index (χ3n) is 4.27. The third kappa shape index (κ3) is 3.31. The molecule has 1 heterocycles. The standard InChI is InChI=1S/C19H22N2O2/c1-15-6-5-7-16(14-15)20-10-12-21(13-11-20)19(22)17-8-3-4-9-18(17)23-2/h3-9,14H,10-13H2,1-2H3. The van der Waals surface area contributed by atoms with Gasteiger partial charge in [0.05, 0.1) is 12.7 Å². The summed E-state index contributed by atoms with van der Waals surface area (Å²) in [6, 6.07) is 15.9. The second kappa shape index (κ2) is 6.73. The first-order chi connectivity index (χ1) is 11.2. The van der Waals surface area contributed by atoms with E-state index in [2.05, 4.69) is 36.1 Å². The lowest BCUT2D eigenvalue weighted by Gasteiger charge is -2.36. The van der Waals surface area contributed by atoms with E-state index in [4.69, 9.17) is 4.74 Å². The molecule has 0 bridgehead atoms. The monoisotopic (exact) mass is 310 g/mol. The molecule has 0 saturated carbocycles. The number of methoxy groups -OCH3 is 1. The van der Waals surface area contributed by atoms with Crippen molar-refractivity contribution >= 4 is 11.6 Å². The van der Waals surface area contributed by atoms with Gasteiger partial charge >= 0.3 is 0 Å². The fourth-order valence-corrected chi connectivity index (χ4v) is 2.98. The van der Waals surface area contributed by atoms with E-state index >= 15 is 0 Å². The molecule has 1 amide bonds. The summed E-state index contributed by atoms with van der Waals surface area (Å²) in [6.45, 7) is 5.26. The number of carbonyl (C=O) groups is 1. The number of amides is 1. The molecule has 23 heavy (non-hydrogen) atoms. The Morgan fingerprint density at radius 1 is 1.00 bits per heavy atom. The Balaban J connectivity index is 1.68. The maximum Gasteiger partial charge on any atom is 0.257 e. The maximum absolute atomic E-state index is 12.7. The van der Waals surface area contributed by atoms with Crippen LogP contribution >= 0.6 is 0 Å². The maximum atomic E-state index is 12.7. The van der Waals surface area contributed by atoms with Crippen LogP contribution in [0.3, 0.4) is 0 Å². The largest absolute Gasteiger partial charge is 0.496 e. The number of ether oxygens (including phenoxy) is 1. The van der Waals surface area contributed by atoms with Crippen molar-refractivity contribution in [1.29, 1.82) is 0 Å². The Labute approximate surface area is 137 Å². The molecule has 0 unspecified atom stereocenters. The Hall–Kier alpha value is -2.49. The SMILES string of the molecule is COc1ccccc1C(=O)N1CCN(c2cccc(C)c2)CC1. The lowest BCUT2D eigenvalue weighted by molar-refractivity contribution is 0.0743. The summed E-state index contributed by atoms with van der Waals surface area (Å²) >= 11 is 0. The van der Waals surface area contributed by atoms with Crippen LogP contribution in [0.1, 0.15) is 15.9 Å². The molecule has 0 aliphatic carbocycles. The number of hydrogen-bond donors (Lipinski definition) is 0. The van der Waals surface area contributed by atoms with Gasteiger partial charge in [0.25, 0.3) is 5.91 Å². The molecule has 0 aromatic heterocycles. The number of nitrogens with zero attached hydrogens (tertiary/aromatic N) is 2. The summed E-state index contributed by atoms with van der Waals surface area (Å²) in [7, 11) is 1.60. The van der Waals surface area contributed by atoms with Crippen molar-refractivity contribution in [2.24, 2.45) is 0 Å². The topological polar surface area (TPSA) is 32.8 Å². The number of carbonyl (C=O) groups excluding carboxylic acids is 1. The van der Waals surface area contributed by atoms with Gasteiger partial charge in [0, 0.05) is 31.9 Å². The number of benzene rings is 2. The van der Waals surface area contributed by atoms with Gasteiger partial charge in [0.15, 0.2) is 0 Å². The van der Waals surface area contributed by atoms with Gasteiger partial charge in [-0.15, -0.1) is 0 Å². The molecule has 1 fully saturated rings. The minimum Gasteiger partial charge on any atom is -0.496 e. The summed E-state index contributed by atoms with van der Waals surface area (Å²) in [6.07, 6.45) is 0. The Morgan fingerprint density at radius 3 is 2.43 bits per heavy atom. The molecule has 120 valence electrons. The molecule has 2 aromatic carbocycles. The first-order valence-corrected chi connectivity index (χ1v) is 7.93. The molecule has 1 aliphatic rings. The molecule has 0 N–H and O–H groups in total. The van der Waals surface area contributed by atoms with Gasteiger partial charge in [-0.05, 0) is 36.8 Å². The number of anilines is 1. The lowest BCUT2D eigenvalue weighted by Crippen LogP contribution is -2.48. The smallest absolute Gasteiger partial charge is 0.257 e. The van der Waals surface area contributed by atoms with Crippen LogP contribution < -0.4 is 9.64 Å². The van der Waals surface area contributed by atoms with Crippen molar-refractivity contribution in [3.05, 3.63) is 59.7 Å². The number of para-hydroxylation sites is 1. The molecular formula is C19H22N2O2. The third-order valence-corrected chi connectivity index (χ3v) is 4.27. The van der Waals surface area contributed by atoms with Crippen LogP contribution in [0.15, 0.2) is 48.5 Å². The highest BCUT2D eigenvalue weighted by molar-refractivity contribution is 5.97. The average Bonchev–Trinajstić information content (AvgIpc) is 2.61. The van der Waals surface area contributed by atoms with E-state index in [1.54, 1.807) is 7.11 Å². The summed E-state index contributed by atoms with van der Waals surface area (Å²) < 4.78 is 5.30. The molecule has 2 aromatic rings. The second-order valence-electron chi connectivity index (χ2n) is 5.82. The normalized spacial score (nSPS) is 14.7. The van der Waals surface area contributed by atoms with Gasteiger partial charge in [-0.2, -0.15) is 0 Å². The van der Waals surface area contributed by atoms with Crippen molar-refractivity contribution < 1.29 is 9.53 Å². The molecule has 1 saturated heterocycles. The molecule has 4 nitrogen and oxygen atoms in total. The van der Waals surface area contributed by atoms with Crippen molar-refractivity contribution in [3.63, 3.8) is 0 Å². The molecular weight excluding hydrogens is 288 g/mol. The van der Waals surface area contributed by atoms with Gasteiger partial charge < -0.3 is 14.5 Å². The van der Waals surface area contributed by atoms with Crippen LogP contribution in [0.4, 0.5) is 5.69 Å². The molecule has 3 rings (SSSR count). The van der Waals surface area contributed by atoms with E-state index in [1.165, 1.54) is 11.3 Å². The summed E-state index contributed by atoms with van der Waals surface area (Å²) in [4.78, 5) is 16.9. The van der Waals surface area contributed by atoms with Crippen molar-refractivity contribution in [3.8, 4) is 5.75 Å². The zero-order chi connectivity index (χ0) is 16.2. The summed E-state index contributed by atoms with van der Waals surface area (Å²) in [5, 5.41) is 0. The van der Waals surface area contributed by atoms with Gasteiger partial charge in [-0.3, -0.25) is 4.79 Å². The fraction of sp³-hybridized carbons (Fsp3) is 0.316. The number of aryl methyl sites for hydroxylation is 1. The predicted molar refractivity (Wildman–Crippen MR) is 92.3 cm³/mol. The highest BCUT2D eigenvalue weighted by atomic mass is 16.5. The van der Waals surface area contributed by atoms with E-state index in [1.807, 2.05) is 29.2 Å². The second-order valence-corrected chi connectivity index (χ2v) is 5.82. The quantitative estimate of drug-likeness (QED) is 0.874. The number of hydrogen-bond acceptors (Lipinski definition) is 3. The van der Waals surface area contributed by atoms with Crippen molar-refractivity contribution in [1.82, 2.24) is 4.90 Å². The lowest BCUT2D eigenvalue weighted by atomic mass is 10.1.